The van der Waals surface area contributed by atoms with Crippen LogP contribution in [0.4, 0.5) is 0 Å². The Balaban J connectivity index is 3.57. The number of carbonyl (C=O) groups is 2. The second-order valence-corrected chi connectivity index (χ2v) is 2.67. The Hall–Kier alpha value is -1.14. The van der Waals surface area contributed by atoms with Gasteiger partial charge in [0, 0.05) is 27.1 Å². The highest BCUT2D eigenvalue weighted by molar-refractivity contribution is 5.82. The third-order valence-corrected chi connectivity index (χ3v) is 1.59. The zero-order chi connectivity index (χ0) is 11.0. The Morgan fingerprint density at radius 3 is 2.29 bits per heavy atom. The second kappa shape index (κ2) is 7.28. The van der Waals surface area contributed by atoms with E-state index in [4.69, 9.17) is 15.2 Å². The predicted molar refractivity (Wildman–Crippen MR) is 49.2 cm³/mol. The molecule has 0 aliphatic heterocycles. The standard InChI is InChI=1S/C8H16N2O4/c1-13-8(14-2)5-10-7(12)4-3-6(9)11/h8H,3-5H2,1-2H3,(H2,9,11)(H,10,12). The van der Waals surface area contributed by atoms with E-state index >= 15 is 0 Å². The van der Waals surface area contributed by atoms with E-state index in [9.17, 15) is 9.59 Å². The third kappa shape index (κ3) is 6.38. The average molecular weight is 204 g/mol. The van der Waals surface area contributed by atoms with E-state index in [2.05, 4.69) is 5.32 Å². The molecule has 0 unspecified atom stereocenters. The summed E-state index contributed by atoms with van der Waals surface area (Å²) in [6, 6.07) is 0. The number of carbonyl (C=O) groups excluding carboxylic acids is 2. The highest BCUT2D eigenvalue weighted by atomic mass is 16.7. The zero-order valence-corrected chi connectivity index (χ0v) is 8.41. The van der Waals surface area contributed by atoms with Crippen molar-refractivity contribution in [3.05, 3.63) is 0 Å². The summed E-state index contributed by atoms with van der Waals surface area (Å²) in [5.41, 5.74) is 4.88. The number of nitrogens with one attached hydrogen (secondary N) is 1. The molecule has 0 atom stereocenters. The number of rotatable bonds is 7. The van der Waals surface area contributed by atoms with Crippen molar-refractivity contribution in [2.75, 3.05) is 20.8 Å². The summed E-state index contributed by atoms with van der Waals surface area (Å²) in [6.45, 7) is 0.255. The number of nitrogens with two attached hydrogens (primary N) is 1. The van der Waals surface area contributed by atoms with E-state index in [1.807, 2.05) is 0 Å². The van der Waals surface area contributed by atoms with Gasteiger partial charge in [-0.15, -0.1) is 0 Å². The maximum absolute atomic E-state index is 11.1. The van der Waals surface area contributed by atoms with E-state index in [0.717, 1.165) is 0 Å². The Kier molecular flexibility index (Phi) is 6.69. The van der Waals surface area contributed by atoms with Crippen LogP contribution in [0.1, 0.15) is 12.8 Å². The smallest absolute Gasteiger partial charge is 0.220 e. The number of methoxy groups -OCH3 is 2. The van der Waals surface area contributed by atoms with E-state index < -0.39 is 12.2 Å². The minimum Gasteiger partial charge on any atom is -0.370 e. The lowest BCUT2D eigenvalue weighted by atomic mass is 10.3. The number of ether oxygens (including phenoxy) is 2. The molecule has 0 heterocycles. The lowest BCUT2D eigenvalue weighted by Crippen LogP contribution is -2.34. The molecule has 0 aromatic rings. The molecule has 82 valence electrons. The predicted octanol–water partition coefficient (Wildman–Crippen LogP) is -1.01. The highest BCUT2D eigenvalue weighted by Crippen LogP contribution is 1.90. The van der Waals surface area contributed by atoms with Crippen LogP contribution in [0.15, 0.2) is 0 Å². The highest BCUT2D eigenvalue weighted by Gasteiger charge is 2.08. The van der Waals surface area contributed by atoms with E-state index in [1.165, 1.54) is 14.2 Å². The van der Waals surface area contributed by atoms with Crippen LogP contribution < -0.4 is 11.1 Å². The SMILES string of the molecule is COC(CNC(=O)CCC(N)=O)OC. The van der Waals surface area contributed by atoms with E-state index in [-0.39, 0.29) is 25.3 Å². The first-order chi connectivity index (χ1) is 6.60. The van der Waals surface area contributed by atoms with Gasteiger partial charge in [0.05, 0.1) is 6.54 Å². The first kappa shape index (κ1) is 12.9. The first-order valence-corrected chi connectivity index (χ1v) is 4.20. The molecule has 6 heteroatoms. The zero-order valence-electron chi connectivity index (χ0n) is 8.41. The fourth-order valence-corrected chi connectivity index (χ4v) is 0.785. The fraction of sp³-hybridized carbons (Fsp3) is 0.750. The van der Waals surface area contributed by atoms with Gasteiger partial charge in [-0.25, -0.2) is 0 Å². The Labute approximate surface area is 82.7 Å². The molecule has 0 rings (SSSR count). The number of hydrogen-bond donors (Lipinski definition) is 2. The molecule has 6 nitrogen and oxygen atoms in total. The maximum Gasteiger partial charge on any atom is 0.220 e. The fourth-order valence-electron chi connectivity index (χ4n) is 0.785. The Morgan fingerprint density at radius 2 is 1.86 bits per heavy atom. The van der Waals surface area contributed by atoms with Gasteiger partial charge in [0.1, 0.15) is 0 Å². The average Bonchev–Trinajstić information content (AvgIpc) is 2.16. The van der Waals surface area contributed by atoms with E-state index in [1.54, 1.807) is 0 Å². The molecule has 0 spiro atoms. The van der Waals surface area contributed by atoms with Gasteiger partial charge in [-0.05, 0) is 0 Å². The van der Waals surface area contributed by atoms with Crippen molar-refractivity contribution in [1.29, 1.82) is 0 Å². The van der Waals surface area contributed by atoms with Crippen LogP contribution in [0.3, 0.4) is 0 Å². The summed E-state index contributed by atoms with van der Waals surface area (Å²) in [5, 5.41) is 2.54. The van der Waals surface area contributed by atoms with Crippen LogP contribution in [0.2, 0.25) is 0 Å². The summed E-state index contributed by atoms with van der Waals surface area (Å²) < 4.78 is 9.69. The topological polar surface area (TPSA) is 90.6 Å². The van der Waals surface area contributed by atoms with Gasteiger partial charge in [-0.2, -0.15) is 0 Å². The molecule has 2 amide bonds. The molecular weight excluding hydrogens is 188 g/mol. The van der Waals surface area contributed by atoms with Gasteiger partial charge in [0.25, 0.3) is 0 Å². The van der Waals surface area contributed by atoms with Crippen LogP contribution >= 0.6 is 0 Å². The minimum atomic E-state index is -0.491. The molecule has 0 fully saturated rings. The van der Waals surface area contributed by atoms with Crippen LogP contribution in [0.5, 0.6) is 0 Å². The van der Waals surface area contributed by atoms with E-state index in [0.29, 0.717) is 0 Å². The normalized spacial score (nSPS) is 10.2. The van der Waals surface area contributed by atoms with Gasteiger partial charge in [0.15, 0.2) is 6.29 Å². The summed E-state index contributed by atoms with van der Waals surface area (Å²) in [4.78, 5) is 21.4. The van der Waals surface area contributed by atoms with Crippen molar-refractivity contribution in [3.8, 4) is 0 Å². The molecule has 0 aliphatic rings. The molecular formula is C8H16N2O4. The van der Waals surface area contributed by atoms with Crippen LogP contribution in [-0.4, -0.2) is 38.9 Å². The number of hydrogen-bond acceptors (Lipinski definition) is 4. The molecule has 0 bridgehead atoms. The molecule has 14 heavy (non-hydrogen) atoms. The molecule has 3 N–H and O–H groups in total. The molecule has 0 radical (unpaired) electrons. The van der Waals surface area contributed by atoms with Crippen LogP contribution in [-0.2, 0) is 19.1 Å². The van der Waals surface area contributed by atoms with Crippen molar-refractivity contribution in [2.45, 2.75) is 19.1 Å². The number of primary amides is 1. The Morgan fingerprint density at radius 1 is 1.29 bits per heavy atom. The quantitative estimate of drug-likeness (QED) is 0.520. The molecule has 0 aliphatic carbocycles. The minimum absolute atomic E-state index is 0.0520. The van der Waals surface area contributed by atoms with Crippen molar-refractivity contribution in [1.82, 2.24) is 5.32 Å². The van der Waals surface area contributed by atoms with Crippen molar-refractivity contribution in [2.24, 2.45) is 5.73 Å². The molecule has 0 aromatic carbocycles. The molecule has 0 aromatic heterocycles. The van der Waals surface area contributed by atoms with Gasteiger partial charge >= 0.3 is 0 Å². The summed E-state index contributed by atoms with van der Waals surface area (Å²) in [6.07, 6.45) is -0.320. The third-order valence-electron chi connectivity index (χ3n) is 1.59. The van der Waals surface area contributed by atoms with Crippen LogP contribution in [0, 0.1) is 0 Å². The van der Waals surface area contributed by atoms with Gasteiger partial charge in [-0.1, -0.05) is 0 Å². The van der Waals surface area contributed by atoms with Crippen molar-refractivity contribution >= 4 is 11.8 Å². The molecule has 0 saturated heterocycles. The summed E-state index contributed by atoms with van der Waals surface area (Å²) >= 11 is 0. The summed E-state index contributed by atoms with van der Waals surface area (Å²) in [7, 11) is 2.95. The lowest BCUT2D eigenvalue weighted by molar-refractivity contribution is -0.129. The first-order valence-electron chi connectivity index (χ1n) is 4.20. The van der Waals surface area contributed by atoms with Gasteiger partial charge in [-0.3, -0.25) is 9.59 Å². The maximum atomic E-state index is 11.1. The van der Waals surface area contributed by atoms with Gasteiger partial charge in [0.2, 0.25) is 11.8 Å². The van der Waals surface area contributed by atoms with Crippen molar-refractivity contribution in [3.63, 3.8) is 0 Å². The molecule has 0 saturated carbocycles. The Bertz CT molecular complexity index is 192. The summed E-state index contributed by atoms with van der Waals surface area (Å²) in [5.74, 6) is -0.738. The lowest BCUT2D eigenvalue weighted by Gasteiger charge is -2.13. The largest absolute Gasteiger partial charge is 0.370 e. The monoisotopic (exact) mass is 204 g/mol. The number of amides is 2. The van der Waals surface area contributed by atoms with Crippen molar-refractivity contribution < 1.29 is 19.1 Å². The second-order valence-electron chi connectivity index (χ2n) is 2.67. The van der Waals surface area contributed by atoms with Gasteiger partial charge < -0.3 is 20.5 Å². The van der Waals surface area contributed by atoms with Crippen LogP contribution in [0.25, 0.3) is 0 Å².